The highest BCUT2D eigenvalue weighted by Crippen LogP contribution is 2.21. The van der Waals surface area contributed by atoms with E-state index in [1.54, 1.807) is 37.3 Å². The van der Waals surface area contributed by atoms with Gasteiger partial charge in [0.25, 0.3) is 0 Å². The van der Waals surface area contributed by atoms with Crippen molar-refractivity contribution in [2.75, 3.05) is 12.3 Å². The summed E-state index contributed by atoms with van der Waals surface area (Å²) in [6.07, 6.45) is 0. The lowest BCUT2D eigenvalue weighted by molar-refractivity contribution is 0.423. The van der Waals surface area contributed by atoms with Crippen LogP contribution in [-0.4, -0.2) is 19.3 Å². The lowest BCUT2D eigenvalue weighted by Crippen LogP contribution is -2.30. The molecule has 2 aromatic carbocycles. The van der Waals surface area contributed by atoms with E-state index in [1.807, 2.05) is 12.1 Å². The van der Waals surface area contributed by atoms with Crippen molar-refractivity contribution >= 4 is 27.3 Å². The molecule has 0 radical (unpaired) electrons. The summed E-state index contributed by atoms with van der Waals surface area (Å²) in [5.74, 6) is 0. The average Bonchev–Trinajstić information content (AvgIpc) is 2.44. The third kappa shape index (κ3) is 3.75. The number of anilines is 1. The van der Waals surface area contributed by atoms with Gasteiger partial charge in [-0.15, -0.1) is 0 Å². The topological polar surface area (TPSA) is 63.4 Å². The Balaban J connectivity index is 2.32. The van der Waals surface area contributed by atoms with Crippen molar-refractivity contribution in [3.63, 3.8) is 0 Å². The third-order valence-electron chi connectivity index (χ3n) is 3.10. The highest BCUT2D eigenvalue weighted by atomic mass is 35.5. The van der Waals surface area contributed by atoms with E-state index < -0.39 is 10.0 Å². The minimum Gasteiger partial charge on any atom is -0.399 e. The van der Waals surface area contributed by atoms with Gasteiger partial charge in [-0.1, -0.05) is 36.7 Å². The molecular formula is C15H17ClN2O2S. The fourth-order valence-corrected chi connectivity index (χ4v) is 3.78. The van der Waals surface area contributed by atoms with E-state index in [0.29, 0.717) is 17.3 Å². The van der Waals surface area contributed by atoms with Gasteiger partial charge in [0.1, 0.15) is 0 Å². The molecule has 0 spiro atoms. The van der Waals surface area contributed by atoms with Gasteiger partial charge in [-0.2, -0.15) is 4.31 Å². The van der Waals surface area contributed by atoms with E-state index in [0.717, 1.165) is 5.56 Å². The van der Waals surface area contributed by atoms with Gasteiger partial charge in [-0.25, -0.2) is 8.42 Å². The van der Waals surface area contributed by atoms with Crippen molar-refractivity contribution in [3.8, 4) is 0 Å². The standard InChI is InChI=1S/C15H17ClN2O2S/c1-2-18(11-12-5-3-7-14(17)9-12)21(19,20)15-8-4-6-13(16)10-15/h3-10H,2,11,17H2,1H3. The lowest BCUT2D eigenvalue weighted by Gasteiger charge is -2.21. The van der Waals surface area contributed by atoms with Crippen molar-refractivity contribution in [1.82, 2.24) is 4.31 Å². The molecule has 0 atom stereocenters. The molecule has 112 valence electrons. The van der Waals surface area contributed by atoms with Gasteiger partial charge >= 0.3 is 0 Å². The van der Waals surface area contributed by atoms with Crippen molar-refractivity contribution in [1.29, 1.82) is 0 Å². The van der Waals surface area contributed by atoms with Gasteiger partial charge in [0.2, 0.25) is 10.0 Å². The Labute approximate surface area is 130 Å². The van der Waals surface area contributed by atoms with Crippen LogP contribution in [0.5, 0.6) is 0 Å². The molecule has 0 bridgehead atoms. The molecule has 2 N–H and O–H groups in total. The summed E-state index contributed by atoms with van der Waals surface area (Å²) in [5, 5.41) is 0.399. The number of rotatable bonds is 5. The summed E-state index contributed by atoms with van der Waals surface area (Å²) in [7, 11) is -3.58. The van der Waals surface area contributed by atoms with Gasteiger partial charge in [-0.05, 0) is 35.9 Å². The summed E-state index contributed by atoms with van der Waals surface area (Å²) >= 11 is 5.88. The zero-order chi connectivity index (χ0) is 15.5. The Hall–Kier alpha value is -1.56. The monoisotopic (exact) mass is 324 g/mol. The van der Waals surface area contributed by atoms with Crippen LogP contribution in [0.2, 0.25) is 5.02 Å². The van der Waals surface area contributed by atoms with Crippen LogP contribution in [0.25, 0.3) is 0 Å². The molecule has 2 aromatic rings. The van der Waals surface area contributed by atoms with Gasteiger partial charge in [0.05, 0.1) is 4.90 Å². The fraction of sp³-hybridized carbons (Fsp3) is 0.200. The molecule has 6 heteroatoms. The van der Waals surface area contributed by atoms with E-state index in [2.05, 4.69) is 0 Å². The highest BCUT2D eigenvalue weighted by Gasteiger charge is 2.23. The molecule has 0 aromatic heterocycles. The third-order valence-corrected chi connectivity index (χ3v) is 5.25. The molecule has 0 fully saturated rings. The van der Waals surface area contributed by atoms with E-state index in [9.17, 15) is 8.42 Å². The van der Waals surface area contributed by atoms with Crippen LogP contribution in [0.4, 0.5) is 5.69 Å². The second-order valence-electron chi connectivity index (χ2n) is 4.63. The van der Waals surface area contributed by atoms with Gasteiger partial charge in [-0.3, -0.25) is 0 Å². The molecule has 21 heavy (non-hydrogen) atoms. The summed E-state index contributed by atoms with van der Waals surface area (Å²) in [5.41, 5.74) is 7.19. The summed E-state index contributed by atoms with van der Waals surface area (Å²) in [6, 6.07) is 13.5. The van der Waals surface area contributed by atoms with Crippen LogP contribution in [0.15, 0.2) is 53.4 Å². The highest BCUT2D eigenvalue weighted by molar-refractivity contribution is 7.89. The van der Waals surface area contributed by atoms with Gasteiger partial charge in [0.15, 0.2) is 0 Å². The Morgan fingerprint density at radius 1 is 1.14 bits per heavy atom. The maximum atomic E-state index is 12.6. The Morgan fingerprint density at radius 2 is 1.86 bits per heavy atom. The van der Waals surface area contributed by atoms with E-state index in [-0.39, 0.29) is 11.4 Å². The van der Waals surface area contributed by atoms with E-state index >= 15 is 0 Å². The quantitative estimate of drug-likeness (QED) is 0.859. The smallest absolute Gasteiger partial charge is 0.243 e. The minimum atomic E-state index is -3.58. The Kier molecular flexibility index (Phi) is 4.88. The molecule has 0 amide bonds. The van der Waals surface area contributed by atoms with E-state index in [4.69, 9.17) is 17.3 Å². The maximum absolute atomic E-state index is 12.6. The average molecular weight is 325 g/mol. The summed E-state index contributed by atoms with van der Waals surface area (Å²) in [4.78, 5) is 0.195. The molecular weight excluding hydrogens is 308 g/mol. The van der Waals surface area contributed by atoms with Crippen molar-refractivity contribution in [2.24, 2.45) is 0 Å². The molecule has 2 rings (SSSR count). The Bertz CT molecular complexity index is 732. The largest absolute Gasteiger partial charge is 0.399 e. The van der Waals surface area contributed by atoms with Crippen LogP contribution in [0.1, 0.15) is 12.5 Å². The molecule has 0 aliphatic rings. The minimum absolute atomic E-state index is 0.195. The molecule has 0 saturated heterocycles. The second-order valence-corrected chi connectivity index (χ2v) is 7.01. The lowest BCUT2D eigenvalue weighted by atomic mass is 10.2. The summed E-state index contributed by atoms with van der Waals surface area (Å²) < 4.78 is 26.7. The Morgan fingerprint density at radius 3 is 2.48 bits per heavy atom. The molecule has 0 unspecified atom stereocenters. The number of hydrogen-bond donors (Lipinski definition) is 1. The normalized spacial score (nSPS) is 11.8. The predicted molar refractivity (Wildman–Crippen MR) is 85.6 cm³/mol. The summed E-state index contributed by atoms with van der Waals surface area (Å²) in [6.45, 7) is 2.44. The van der Waals surface area contributed by atoms with Crippen molar-refractivity contribution < 1.29 is 8.42 Å². The van der Waals surface area contributed by atoms with Gasteiger partial charge < -0.3 is 5.73 Å². The fourth-order valence-electron chi connectivity index (χ4n) is 2.04. The van der Waals surface area contributed by atoms with E-state index in [1.165, 1.54) is 10.4 Å². The molecule has 0 saturated carbocycles. The number of nitrogens with zero attached hydrogens (tertiary/aromatic N) is 1. The maximum Gasteiger partial charge on any atom is 0.243 e. The molecule has 4 nitrogen and oxygen atoms in total. The SMILES string of the molecule is CCN(Cc1cccc(N)c1)S(=O)(=O)c1cccc(Cl)c1. The zero-order valence-corrected chi connectivity index (χ0v) is 13.2. The van der Waals surface area contributed by atoms with Crippen LogP contribution in [-0.2, 0) is 16.6 Å². The van der Waals surface area contributed by atoms with Crippen molar-refractivity contribution in [3.05, 3.63) is 59.1 Å². The number of hydrogen-bond acceptors (Lipinski definition) is 3. The van der Waals surface area contributed by atoms with Crippen LogP contribution in [0, 0.1) is 0 Å². The first-order chi connectivity index (χ1) is 9.93. The molecule has 0 aliphatic heterocycles. The number of nitrogen functional groups attached to an aromatic ring is 1. The van der Waals surface area contributed by atoms with Crippen LogP contribution < -0.4 is 5.73 Å². The number of nitrogens with two attached hydrogens (primary N) is 1. The predicted octanol–water partition coefficient (Wildman–Crippen LogP) is 3.13. The first kappa shape index (κ1) is 15.8. The molecule has 0 heterocycles. The number of sulfonamides is 1. The molecule has 0 aliphatic carbocycles. The second kappa shape index (κ2) is 6.47. The van der Waals surface area contributed by atoms with Gasteiger partial charge in [0, 0.05) is 23.8 Å². The first-order valence-electron chi connectivity index (χ1n) is 6.53. The van der Waals surface area contributed by atoms with Crippen LogP contribution in [0.3, 0.4) is 0 Å². The number of halogens is 1. The zero-order valence-electron chi connectivity index (χ0n) is 11.7. The number of benzene rings is 2. The first-order valence-corrected chi connectivity index (χ1v) is 8.35. The van der Waals surface area contributed by atoms with Crippen LogP contribution >= 0.6 is 11.6 Å². The van der Waals surface area contributed by atoms with Crippen molar-refractivity contribution in [2.45, 2.75) is 18.4 Å².